The van der Waals surface area contributed by atoms with E-state index in [0.29, 0.717) is 38.5 Å². The van der Waals surface area contributed by atoms with E-state index in [0.717, 1.165) is 16.9 Å². The average molecular weight is 356 g/mol. The van der Waals surface area contributed by atoms with Gasteiger partial charge in [-0.15, -0.1) is 0 Å². The van der Waals surface area contributed by atoms with Crippen molar-refractivity contribution in [1.29, 1.82) is 0 Å². The van der Waals surface area contributed by atoms with Gasteiger partial charge < -0.3 is 14.5 Å². The molecule has 2 amide bonds. The van der Waals surface area contributed by atoms with E-state index >= 15 is 0 Å². The zero-order valence-electron chi connectivity index (χ0n) is 15.4. The highest BCUT2D eigenvalue weighted by Crippen LogP contribution is 2.16. The third kappa shape index (κ3) is 3.71. The first kappa shape index (κ1) is 18.0. The molecule has 0 spiro atoms. The van der Waals surface area contributed by atoms with Crippen LogP contribution in [0.2, 0.25) is 0 Å². The summed E-state index contributed by atoms with van der Waals surface area (Å²) < 4.78 is 6.79. The molecule has 1 aliphatic rings. The molecule has 0 saturated carbocycles. The van der Waals surface area contributed by atoms with E-state index in [9.17, 15) is 9.59 Å². The van der Waals surface area contributed by atoms with Crippen molar-refractivity contribution in [2.24, 2.45) is 0 Å². The molecule has 1 aromatic carbocycles. The van der Waals surface area contributed by atoms with Gasteiger partial charge in [0.25, 0.3) is 5.91 Å². The van der Waals surface area contributed by atoms with Crippen LogP contribution in [0.3, 0.4) is 0 Å². The summed E-state index contributed by atoms with van der Waals surface area (Å²) in [6.07, 6.45) is -0.320. The molecular formula is C19H24N4O3. The minimum Gasteiger partial charge on any atom is -0.450 e. The first-order valence-electron chi connectivity index (χ1n) is 8.84. The fraction of sp³-hybridized carbons (Fsp3) is 0.421. The van der Waals surface area contributed by atoms with E-state index < -0.39 is 0 Å². The molecule has 7 nitrogen and oxygen atoms in total. The van der Waals surface area contributed by atoms with Crippen molar-refractivity contribution in [3.63, 3.8) is 0 Å². The van der Waals surface area contributed by atoms with Crippen LogP contribution in [0.25, 0.3) is 5.69 Å². The van der Waals surface area contributed by atoms with Gasteiger partial charge in [-0.05, 0) is 44.5 Å². The zero-order chi connectivity index (χ0) is 18.7. The van der Waals surface area contributed by atoms with Gasteiger partial charge in [-0.2, -0.15) is 5.10 Å². The van der Waals surface area contributed by atoms with Crippen molar-refractivity contribution in [2.45, 2.75) is 20.8 Å². The van der Waals surface area contributed by atoms with E-state index in [-0.39, 0.29) is 12.0 Å². The Morgan fingerprint density at radius 2 is 1.77 bits per heavy atom. The van der Waals surface area contributed by atoms with Gasteiger partial charge in [-0.3, -0.25) is 4.79 Å². The predicted molar refractivity (Wildman–Crippen MR) is 97.5 cm³/mol. The highest BCUT2D eigenvalue weighted by atomic mass is 16.6. The van der Waals surface area contributed by atoms with Crippen molar-refractivity contribution in [3.8, 4) is 5.69 Å². The lowest BCUT2D eigenvalue weighted by Crippen LogP contribution is -2.50. The van der Waals surface area contributed by atoms with Gasteiger partial charge in [-0.1, -0.05) is 12.1 Å². The second-order valence-electron chi connectivity index (χ2n) is 6.40. The third-order valence-corrected chi connectivity index (χ3v) is 4.45. The lowest BCUT2D eigenvalue weighted by atomic mass is 10.2. The Hall–Kier alpha value is -2.83. The maximum atomic E-state index is 12.8. The number of nitrogens with zero attached hydrogens (tertiary/aromatic N) is 4. The predicted octanol–water partition coefficient (Wildman–Crippen LogP) is 2.40. The molecule has 0 bridgehead atoms. The SMILES string of the molecule is CCOC(=O)N1CCN(C(=O)c2cc(C)n(-c3cccc(C)c3)n2)CC1. The summed E-state index contributed by atoms with van der Waals surface area (Å²) in [5.74, 6) is -0.108. The highest BCUT2D eigenvalue weighted by Gasteiger charge is 2.27. The number of carbonyl (C=O) groups is 2. The lowest BCUT2D eigenvalue weighted by Gasteiger charge is -2.33. The van der Waals surface area contributed by atoms with Gasteiger partial charge in [0.05, 0.1) is 12.3 Å². The molecule has 2 aromatic rings. The van der Waals surface area contributed by atoms with Gasteiger partial charge in [0.1, 0.15) is 0 Å². The Balaban J connectivity index is 1.70. The molecule has 0 radical (unpaired) electrons. The molecule has 0 aliphatic carbocycles. The third-order valence-electron chi connectivity index (χ3n) is 4.45. The van der Waals surface area contributed by atoms with E-state index in [1.165, 1.54) is 0 Å². The summed E-state index contributed by atoms with van der Waals surface area (Å²) in [6.45, 7) is 8.01. The number of aryl methyl sites for hydroxylation is 2. The van der Waals surface area contributed by atoms with Gasteiger partial charge in [0, 0.05) is 31.9 Å². The summed E-state index contributed by atoms with van der Waals surface area (Å²) in [5.41, 5.74) is 3.41. The second-order valence-corrected chi connectivity index (χ2v) is 6.40. The summed E-state index contributed by atoms with van der Waals surface area (Å²) in [6, 6.07) is 9.81. The Kier molecular flexibility index (Phi) is 5.25. The first-order valence-corrected chi connectivity index (χ1v) is 8.84. The molecule has 0 atom stereocenters. The van der Waals surface area contributed by atoms with E-state index in [2.05, 4.69) is 5.10 Å². The van der Waals surface area contributed by atoms with Gasteiger partial charge in [0.2, 0.25) is 0 Å². The standard InChI is InChI=1S/C19H24N4O3/c1-4-26-19(25)22-10-8-21(9-11-22)18(24)17-13-15(3)23(20-17)16-7-5-6-14(2)12-16/h5-7,12-13H,4,8-11H2,1-3H3. The number of carbonyl (C=O) groups excluding carboxylic acids is 2. The molecule has 1 aliphatic heterocycles. The van der Waals surface area contributed by atoms with Crippen LogP contribution in [-0.2, 0) is 4.74 Å². The zero-order valence-corrected chi connectivity index (χ0v) is 15.4. The number of aromatic nitrogens is 2. The second kappa shape index (κ2) is 7.59. The summed E-state index contributed by atoms with van der Waals surface area (Å²) >= 11 is 0. The minimum absolute atomic E-state index is 0.108. The van der Waals surface area contributed by atoms with Gasteiger partial charge in [-0.25, -0.2) is 9.48 Å². The normalized spacial score (nSPS) is 14.4. The molecule has 3 rings (SSSR count). The number of amides is 2. The van der Waals surface area contributed by atoms with Crippen LogP contribution < -0.4 is 0 Å². The van der Waals surface area contributed by atoms with Crippen LogP contribution in [0.4, 0.5) is 4.79 Å². The van der Waals surface area contributed by atoms with Crippen LogP contribution in [0.5, 0.6) is 0 Å². The maximum Gasteiger partial charge on any atom is 0.409 e. The van der Waals surface area contributed by atoms with E-state index in [1.807, 2.05) is 44.2 Å². The van der Waals surface area contributed by atoms with Crippen molar-refractivity contribution in [3.05, 3.63) is 47.3 Å². The number of ether oxygens (including phenoxy) is 1. The van der Waals surface area contributed by atoms with Crippen LogP contribution in [0.1, 0.15) is 28.7 Å². The fourth-order valence-corrected chi connectivity index (χ4v) is 3.07. The minimum atomic E-state index is -0.320. The fourth-order valence-electron chi connectivity index (χ4n) is 3.07. The average Bonchev–Trinajstić information content (AvgIpc) is 3.03. The molecule has 1 aromatic heterocycles. The molecule has 1 saturated heterocycles. The number of hydrogen-bond acceptors (Lipinski definition) is 4. The summed E-state index contributed by atoms with van der Waals surface area (Å²) in [4.78, 5) is 27.9. The lowest BCUT2D eigenvalue weighted by molar-refractivity contribution is 0.0565. The number of rotatable bonds is 3. The van der Waals surface area contributed by atoms with Crippen molar-refractivity contribution in [2.75, 3.05) is 32.8 Å². The molecule has 0 unspecified atom stereocenters. The first-order chi connectivity index (χ1) is 12.5. The Labute approximate surface area is 153 Å². The smallest absolute Gasteiger partial charge is 0.409 e. The van der Waals surface area contributed by atoms with Gasteiger partial charge in [0.15, 0.2) is 5.69 Å². The number of piperazine rings is 1. The molecule has 7 heteroatoms. The van der Waals surface area contributed by atoms with Crippen LogP contribution in [0, 0.1) is 13.8 Å². The van der Waals surface area contributed by atoms with Crippen LogP contribution in [0.15, 0.2) is 30.3 Å². The van der Waals surface area contributed by atoms with Gasteiger partial charge >= 0.3 is 6.09 Å². The monoisotopic (exact) mass is 356 g/mol. The van der Waals surface area contributed by atoms with Crippen molar-refractivity contribution in [1.82, 2.24) is 19.6 Å². The van der Waals surface area contributed by atoms with E-state index in [1.54, 1.807) is 21.4 Å². The molecule has 0 N–H and O–H groups in total. The molecule has 1 fully saturated rings. The quantitative estimate of drug-likeness (QED) is 0.847. The molecule has 2 heterocycles. The highest BCUT2D eigenvalue weighted by molar-refractivity contribution is 5.92. The maximum absolute atomic E-state index is 12.8. The Morgan fingerprint density at radius 1 is 1.08 bits per heavy atom. The van der Waals surface area contributed by atoms with Crippen LogP contribution >= 0.6 is 0 Å². The number of benzene rings is 1. The van der Waals surface area contributed by atoms with Crippen molar-refractivity contribution < 1.29 is 14.3 Å². The molecular weight excluding hydrogens is 332 g/mol. The summed E-state index contributed by atoms with van der Waals surface area (Å²) in [7, 11) is 0. The topological polar surface area (TPSA) is 67.7 Å². The molecule has 138 valence electrons. The Morgan fingerprint density at radius 3 is 2.42 bits per heavy atom. The van der Waals surface area contributed by atoms with Crippen molar-refractivity contribution >= 4 is 12.0 Å². The molecule has 26 heavy (non-hydrogen) atoms. The van der Waals surface area contributed by atoms with E-state index in [4.69, 9.17) is 4.74 Å². The Bertz CT molecular complexity index is 807. The number of hydrogen-bond donors (Lipinski definition) is 0. The largest absolute Gasteiger partial charge is 0.450 e. The van der Waals surface area contributed by atoms with Crippen LogP contribution in [-0.4, -0.2) is 64.4 Å². The summed E-state index contributed by atoms with van der Waals surface area (Å²) in [5, 5.41) is 4.50.